The Labute approximate surface area is 165 Å². The van der Waals surface area contributed by atoms with E-state index in [1.807, 2.05) is 48.5 Å². The number of benzene rings is 2. The second-order valence-corrected chi connectivity index (χ2v) is 9.56. The zero-order valence-corrected chi connectivity index (χ0v) is 16.9. The molecule has 0 saturated carbocycles. The Morgan fingerprint density at radius 2 is 1.46 bits per heavy atom. The van der Waals surface area contributed by atoms with Crippen LogP contribution in [0.5, 0.6) is 0 Å². The molecule has 3 rings (SSSR count). The third-order valence-electron chi connectivity index (χ3n) is 4.66. The van der Waals surface area contributed by atoms with Crippen molar-refractivity contribution in [2.45, 2.75) is 24.9 Å². The Hall–Kier alpha value is -1.11. The molecule has 0 aromatic heterocycles. The molecule has 1 aliphatic heterocycles. The Morgan fingerprint density at radius 1 is 0.962 bits per heavy atom. The van der Waals surface area contributed by atoms with Crippen LogP contribution in [0.25, 0.3) is 0 Å². The highest BCUT2D eigenvalue weighted by atomic mass is 35.5. The number of hydrogen-bond donors (Lipinski definition) is 1. The average Bonchev–Trinajstić information content (AvgIpc) is 2.59. The van der Waals surface area contributed by atoms with Crippen LogP contribution in [0, 0.1) is 0 Å². The molecule has 1 saturated heterocycles. The van der Waals surface area contributed by atoms with Gasteiger partial charge in [0.25, 0.3) is 0 Å². The lowest BCUT2D eigenvalue weighted by Crippen LogP contribution is -2.59. The molecule has 1 N–H and O–H groups in total. The highest BCUT2D eigenvalue weighted by Gasteiger charge is 2.33. The molecule has 1 fully saturated rings. The number of hydrogen-bond acceptors (Lipinski definition) is 3. The van der Waals surface area contributed by atoms with E-state index >= 15 is 0 Å². The minimum Gasteiger partial charge on any atom is -0.311 e. The lowest BCUT2D eigenvalue weighted by atomic mass is 10.00. The van der Waals surface area contributed by atoms with Gasteiger partial charge in [-0.2, -0.15) is 4.31 Å². The van der Waals surface area contributed by atoms with Crippen molar-refractivity contribution in [2.75, 3.05) is 19.3 Å². The number of rotatable bonds is 5. The average molecular weight is 413 g/mol. The Morgan fingerprint density at radius 3 is 1.96 bits per heavy atom. The Bertz CT molecular complexity index is 839. The van der Waals surface area contributed by atoms with Crippen LogP contribution in [0.4, 0.5) is 0 Å². The molecule has 4 nitrogen and oxygen atoms in total. The van der Waals surface area contributed by atoms with Crippen molar-refractivity contribution >= 4 is 33.2 Å². The lowest BCUT2D eigenvalue weighted by molar-refractivity contribution is 0.222. The first-order chi connectivity index (χ1) is 12.3. The van der Waals surface area contributed by atoms with Crippen molar-refractivity contribution in [3.63, 3.8) is 0 Å². The van der Waals surface area contributed by atoms with Crippen molar-refractivity contribution in [3.05, 3.63) is 69.7 Å². The molecule has 2 aromatic carbocycles. The van der Waals surface area contributed by atoms with Crippen LogP contribution in [0.1, 0.15) is 11.1 Å². The van der Waals surface area contributed by atoms with E-state index < -0.39 is 10.0 Å². The monoisotopic (exact) mass is 412 g/mol. The molecule has 2 atom stereocenters. The second-order valence-electron chi connectivity index (χ2n) is 6.75. The molecule has 0 spiro atoms. The quantitative estimate of drug-likeness (QED) is 0.818. The molecule has 1 unspecified atom stereocenters. The molecule has 2 aromatic rings. The van der Waals surface area contributed by atoms with Crippen molar-refractivity contribution < 1.29 is 8.42 Å². The summed E-state index contributed by atoms with van der Waals surface area (Å²) in [6, 6.07) is 15.2. The molecular formula is C19H22Cl2N2O2S. The summed E-state index contributed by atoms with van der Waals surface area (Å²) in [7, 11) is -3.29. The van der Waals surface area contributed by atoms with Gasteiger partial charge in [0, 0.05) is 35.2 Å². The summed E-state index contributed by atoms with van der Waals surface area (Å²) < 4.78 is 26.3. The molecule has 1 heterocycles. The SMILES string of the molecule is CS(=O)(=O)N1C[C@H](Cc2ccc(Cl)cc2)NCC1Cc1ccc(Cl)cc1. The van der Waals surface area contributed by atoms with Gasteiger partial charge in [0.2, 0.25) is 10.0 Å². The Balaban J connectivity index is 1.71. The highest BCUT2D eigenvalue weighted by Crippen LogP contribution is 2.20. The third-order valence-corrected chi connectivity index (χ3v) is 6.46. The second kappa shape index (κ2) is 8.28. The molecule has 7 heteroatoms. The first-order valence-corrected chi connectivity index (χ1v) is 11.1. The van der Waals surface area contributed by atoms with Crippen LogP contribution >= 0.6 is 23.2 Å². The molecular weight excluding hydrogens is 391 g/mol. The number of nitrogens with one attached hydrogen (secondary N) is 1. The van der Waals surface area contributed by atoms with Gasteiger partial charge < -0.3 is 5.32 Å². The predicted molar refractivity (Wildman–Crippen MR) is 107 cm³/mol. The van der Waals surface area contributed by atoms with Crippen LogP contribution in [-0.2, 0) is 22.9 Å². The van der Waals surface area contributed by atoms with Crippen molar-refractivity contribution in [2.24, 2.45) is 0 Å². The summed E-state index contributed by atoms with van der Waals surface area (Å²) in [5, 5.41) is 4.88. The fraction of sp³-hybridized carbons (Fsp3) is 0.368. The largest absolute Gasteiger partial charge is 0.311 e. The van der Waals surface area contributed by atoms with E-state index in [2.05, 4.69) is 5.32 Å². The number of nitrogens with zero attached hydrogens (tertiary/aromatic N) is 1. The van der Waals surface area contributed by atoms with Crippen LogP contribution in [0.15, 0.2) is 48.5 Å². The summed E-state index contributed by atoms with van der Waals surface area (Å²) in [5.74, 6) is 0. The van der Waals surface area contributed by atoms with Crippen LogP contribution in [-0.4, -0.2) is 44.2 Å². The van der Waals surface area contributed by atoms with Gasteiger partial charge in [-0.15, -0.1) is 0 Å². The topological polar surface area (TPSA) is 49.4 Å². The van der Waals surface area contributed by atoms with Crippen LogP contribution in [0.3, 0.4) is 0 Å². The van der Waals surface area contributed by atoms with E-state index in [0.29, 0.717) is 29.6 Å². The van der Waals surface area contributed by atoms with Crippen molar-refractivity contribution in [1.29, 1.82) is 0 Å². The van der Waals surface area contributed by atoms with Gasteiger partial charge >= 0.3 is 0 Å². The number of sulfonamides is 1. The molecule has 26 heavy (non-hydrogen) atoms. The molecule has 1 aliphatic rings. The number of halogens is 2. The van der Waals surface area contributed by atoms with Gasteiger partial charge in [-0.3, -0.25) is 0 Å². The summed E-state index contributed by atoms with van der Waals surface area (Å²) in [6.45, 7) is 1.08. The zero-order valence-electron chi connectivity index (χ0n) is 14.5. The van der Waals surface area contributed by atoms with E-state index in [1.54, 1.807) is 4.31 Å². The summed E-state index contributed by atoms with van der Waals surface area (Å²) in [5.41, 5.74) is 2.21. The standard InChI is InChI=1S/C19H22Cl2N2O2S/c1-26(24,25)23-13-18(10-14-2-6-16(20)7-3-14)22-12-19(23)11-15-4-8-17(21)9-5-15/h2-9,18-19,22H,10-13H2,1H3/t18-,19?/m0/s1. The minimum atomic E-state index is -3.29. The normalized spacial score (nSPS) is 21.7. The molecule has 140 valence electrons. The van der Waals surface area contributed by atoms with Gasteiger partial charge in [0.1, 0.15) is 0 Å². The smallest absolute Gasteiger partial charge is 0.211 e. The fourth-order valence-electron chi connectivity index (χ4n) is 3.35. The van der Waals surface area contributed by atoms with Crippen molar-refractivity contribution in [3.8, 4) is 0 Å². The van der Waals surface area contributed by atoms with E-state index in [-0.39, 0.29) is 12.1 Å². The van der Waals surface area contributed by atoms with Crippen LogP contribution in [0.2, 0.25) is 10.0 Å². The van der Waals surface area contributed by atoms with Gasteiger partial charge in [-0.1, -0.05) is 47.5 Å². The highest BCUT2D eigenvalue weighted by molar-refractivity contribution is 7.88. The first kappa shape index (κ1) is 19.6. The molecule has 0 amide bonds. The summed E-state index contributed by atoms with van der Waals surface area (Å²) in [4.78, 5) is 0. The Kier molecular flexibility index (Phi) is 6.25. The fourth-order valence-corrected chi connectivity index (χ4v) is 4.74. The first-order valence-electron chi connectivity index (χ1n) is 8.50. The maximum Gasteiger partial charge on any atom is 0.211 e. The van der Waals surface area contributed by atoms with E-state index in [1.165, 1.54) is 6.26 Å². The summed E-state index contributed by atoms with van der Waals surface area (Å²) in [6.07, 6.45) is 2.70. The van der Waals surface area contributed by atoms with Crippen LogP contribution < -0.4 is 5.32 Å². The van der Waals surface area contributed by atoms with Crippen molar-refractivity contribution in [1.82, 2.24) is 9.62 Å². The van der Waals surface area contributed by atoms with Gasteiger partial charge in [0.15, 0.2) is 0 Å². The maximum atomic E-state index is 12.3. The summed E-state index contributed by atoms with van der Waals surface area (Å²) >= 11 is 11.9. The molecule has 0 bridgehead atoms. The van der Waals surface area contributed by atoms with E-state index in [0.717, 1.165) is 17.5 Å². The zero-order chi connectivity index (χ0) is 18.7. The predicted octanol–water partition coefficient (Wildman–Crippen LogP) is 3.38. The lowest BCUT2D eigenvalue weighted by Gasteiger charge is -2.39. The van der Waals surface area contributed by atoms with Gasteiger partial charge in [-0.25, -0.2) is 8.42 Å². The maximum absolute atomic E-state index is 12.3. The third kappa shape index (κ3) is 5.21. The molecule has 0 radical (unpaired) electrons. The van der Waals surface area contributed by atoms with Gasteiger partial charge in [0.05, 0.1) is 6.26 Å². The van der Waals surface area contributed by atoms with Gasteiger partial charge in [-0.05, 0) is 48.2 Å². The van der Waals surface area contributed by atoms with E-state index in [9.17, 15) is 8.42 Å². The molecule has 0 aliphatic carbocycles. The van der Waals surface area contributed by atoms with E-state index in [4.69, 9.17) is 23.2 Å². The minimum absolute atomic E-state index is 0.0763. The number of piperazine rings is 1.